The van der Waals surface area contributed by atoms with Crippen molar-refractivity contribution < 1.29 is 9.21 Å². The Balaban J connectivity index is 1.27. The van der Waals surface area contributed by atoms with Crippen molar-refractivity contribution in [1.29, 1.82) is 0 Å². The highest BCUT2D eigenvalue weighted by atomic mass is 16.4. The lowest BCUT2D eigenvalue weighted by Gasteiger charge is -2.33. The first-order valence-corrected chi connectivity index (χ1v) is 11.5. The van der Waals surface area contributed by atoms with Crippen LogP contribution in [-0.4, -0.2) is 61.7 Å². The van der Waals surface area contributed by atoms with Crippen LogP contribution >= 0.6 is 0 Å². The molecule has 4 aromatic rings. The number of carbonyl (C=O) groups excluding carboxylic acids is 1. The predicted octanol–water partition coefficient (Wildman–Crippen LogP) is 3.68. The van der Waals surface area contributed by atoms with E-state index in [2.05, 4.69) is 45.7 Å². The SMILES string of the molecule is Cc1ccc2oc(N3CCN(C(=O)c4ccc(-n5cnc(C(C)(C)C)n5)c(C)c4)CC3)nc2n1. The van der Waals surface area contributed by atoms with Crippen molar-refractivity contribution in [3.63, 3.8) is 0 Å². The van der Waals surface area contributed by atoms with E-state index in [0.717, 1.165) is 22.8 Å². The zero-order chi connectivity index (χ0) is 24.0. The first kappa shape index (κ1) is 22.1. The van der Waals surface area contributed by atoms with Gasteiger partial charge < -0.3 is 14.2 Å². The predicted molar refractivity (Wildman–Crippen MR) is 129 cm³/mol. The number of anilines is 1. The van der Waals surface area contributed by atoms with Crippen LogP contribution in [0.15, 0.2) is 41.1 Å². The number of rotatable bonds is 3. The molecular weight excluding hydrogens is 430 g/mol. The Morgan fingerprint density at radius 2 is 1.76 bits per heavy atom. The summed E-state index contributed by atoms with van der Waals surface area (Å²) in [6.45, 7) is 12.7. The van der Waals surface area contributed by atoms with Crippen molar-refractivity contribution >= 4 is 23.2 Å². The molecule has 5 rings (SSSR count). The molecule has 9 heteroatoms. The van der Waals surface area contributed by atoms with Gasteiger partial charge in [-0.1, -0.05) is 20.8 Å². The molecule has 0 aliphatic carbocycles. The van der Waals surface area contributed by atoms with Gasteiger partial charge >= 0.3 is 0 Å². The summed E-state index contributed by atoms with van der Waals surface area (Å²) in [7, 11) is 0. The average Bonchev–Trinajstić information content (AvgIpc) is 3.46. The summed E-state index contributed by atoms with van der Waals surface area (Å²) in [6, 6.07) is 10.1. The van der Waals surface area contributed by atoms with E-state index in [1.807, 2.05) is 49.1 Å². The molecule has 1 saturated heterocycles. The Morgan fingerprint density at radius 1 is 1.00 bits per heavy atom. The van der Waals surface area contributed by atoms with Crippen molar-refractivity contribution in [3.05, 3.63) is 59.3 Å². The summed E-state index contributed by atoms with van der Waals surface area (Å²) >= 11 is 0. The van der Waals surface area contributed by atoms with Gasteiger partial charge in [-0.05, 0) is 49.7 Å². The van der Waals surface area contributed by atoms with Crippen molar-refractivity contribution in [2.75, 3.05) is 31.1 Å². The van der Waals surface area contributed by atoms with Crippen molar-refractivity contribution in [3.8, 4) is 5.69 Å². The van der Waals surface area contributed by atoms with Gasteiger partial charge in [-0.25, -0.2) is 14.6 Å². The summed E-state index contributed by atoms with van der Waals surface area (Å²) in [5.41, 5.74) is 4.65. The van der Waals surface area contributed by atoms with Gasteiger partial charge in [0.25, 0.3) is 11.9 Å². The Labute approximate surface area is 198 Å². The Bertz CT molecular complexity index is 1360. The van der Waals surface area contributed by atoms with Crippen LogP contribution in [-0.2, 0) is 5.41 Å². The molecule has 1 amide bonds. The Kier molecular flexibility index (Phi) is 5.34. The molecule has 9 nitrogen and oxygen atoms in total. The minimum absolute atomic E-state index is 0.0260. The van der Waals surface area contributed by atoms with Crippen molar-refractivity contribution in [2.24, 2.45) is 0 Å². The summed E-state index contributed by atoms with van der Waals surface area (Å²) in [6.07, 6.45) is 1.73. The number of pyridine rings is 1. The van der Waals surface area contributed by atoms with Gasteiger partial charge in [-0.2, -0.15) is 10.1 Å². The average molecular weight is 460 g/mol. The van der Waals surface area contributed by atoms with Crippen LogP contribution in [0.5, 0.6) is 0 Å². The third-order valence-electron chi connectivity index (χ3n) is 6.07. The standard InChI is InChI=1S/C25H29N7O2/c1-16-14-18(7-8-19(16)32-15-26-23(29-32)25(3,4)5)22(33)30-10-12-31(13-11-30)24-28-21-20(34-24)9-6-17(2)27-21/h6-9,14-15H,10-13H2,1-5H3. The summed E-state index contributed by atoms with van der Waals surface area (Å²) < 4.78 is 7.65. The van der Waals surface area contributed by atoms with E-state index in [9.17, 15) is 4.79 Å². The molecule has 1 aliphatic rings. The van der Waals surface area contributed by atoms with Crippen LogP contribution in [0.3, 0.4) is 0 Å². The summed E-state index contributed by atoms with van der Waals surface area (Å²) in [5, 5.41) is 4.62. The second-order valence-electron chi connectivity index (χ2n) is 9.81. The van der Waals surface area contributed by atoms with E-state index in [-0.39, 0.29) is 11.3 Å². The first-order valence-electron chi connectivity index (χ1n) is 11.5. The van der Waals surface area contributed by atoms with E-state index in [1.54, 1.807) is 11.0 Å². The molecule has 4 heterocycles. The molecule has 1 fully saturated rings. The molecule has 0 radical (unpaired) electrons. The fraction of sp³-hybridized carbons (Fsp3) is 0.400. The Hall–Kier alpha value is -3.75. The third-order valence-corrected chi connectivity index (χ3v) is 6.07. The summed E-state index contributed by atoms with van der Waals surface area (Å²) in [4.78, 5) is 30.5. The first-order chi connectivity index (χ1) is 16.2. The maximum Gasteiger partial charge on any atom is 0.300 e. The number of aromatic nitrogens is 5. The number of carbonyl (C=O) groups is 1. The lowest BCUT2D eigenvalue weighted by molar-refractivity contribution is 0.0745. The van der Waals surface area contributed by atoms with E-state index < -0.39 is 0 Å². The minimum Gasteiger partial charge on any atom is -0.422 e. The monoisotopic (exact) mass is 459 g/mol. The molecule has 0 spiro atoms. The topological polar surface area (TPSA) is 93.2 Å². The number of piperazine rings is 1. The number of fused-ring (bicyclic) bond motifs is 1. The van der Waals surface area contributed by atoms with Gasteiger partial charge in [0.15, 0.2) is 11.4 Å². The van der Waals surface area contributed by atoms with Gasteiger partial charge in [0.1, 0.15) is 6.33 Å². The lowest BCUT2D eigenvalue weighted by Crippen LogP contribution is -2.49. The van der Waals surface area contributed by atoms with Crippen LogP contribution < -0.4 is 4.90 Å². The number of hydrogen-bond donors (Lipinski definition) is 0. The second kappa shape index (κ2) is 8.23. The largest absolute Gasteiger partial charge is 0.422 e. The number of benzene rings is 1. The van der Waals surface area contributed by atoms with Crippen molar-refractivity contribution in [2.45, 2.75) is 40.0 Å². The number of hydrogen-bond acceptors (Lipinski definition) is 7. The van der Waals surface area contributed by atoms with Gasteiger partial charge in [0, 0.05) is 42.9 Å². The normalized spacial score (nSPS) is 14.7. The molecule has 0 N–H and O–H groups in total. The van der Waals surface area contributed by atoms with E-state index in [1.165, 1.54) is 0 Å². The molecule has 0 atom stereocenters. The fourth-order valence-electron chi connectivity index (χ4n) is 4.09. The zero-order valence-electron chi connectivity index (χ0n) is 20.2. The number of oxazole rings is 1. The van der Waals surface area contributed by atoms with E-state index >= 15 is 0 Å². The third kappa shape index (κ3) is 4.13. The molecular formula is C25H29N7O2. The van der Waals surface area contributed by atoms with E-state index in [4.69, 9.17) is 4.42 Å². The minimum atomic E-state index is -0.120. The molecule has 0 unspecified atom stereocenters. The zero-order valence-corrected chi connectivity index (χ0v) is 20.2. The highest BCUT2D eigenvalue weighted by molar-refractivity contribution is 5.95. The summed E-state index contributed by atoms with van der Waals surface area (Å²) in [5.74, 6) is 0.813. The molecule has 0 bridgehead atoms. The maximum atomic E-state index is 13.2. The quantitative estimate of drug-likeness (QED) is 0.461. The molecule has 1 aromatic carbocycles. The van der Waals surface area contributed by atoms with Gasteiger partial charge in [0.05, 0.1) is 5.69 Å². The highest BCUT2D eigenvalue weighted by Gasteiger charge is 2.26. The van der Waals surface area contributed by atoms with Crippen LogP contribution in [0.1, 0.15) is 48.2 Å². The number of amides is 1. The van der Waals surface area contributed by atoms with Crippen LogP contribution in [0, 0.1) is 13.8 Å². The number of aryl methyl sites for hydroxylation is 2. The molecule has 3 aromatic heterocycles. The molecule has 176 valence electrons. The van der Waals surface area contributed by atoms with E-state index in [0.29, 0.717) is 49.0 Å². The molecule has 0 saturated carbocycles. The Morgan fingerprint density at radius 3 is 2.44 bits per heavy atom. The highest BCUT2D eigenvalue weighted by Crippen LogP contribution is 2.24. The molecule has 1 aliphatic heterocycles. The van der Waals surface area contributed by atoms with Gasteiger partial charge in [-0.15, -0.1) is 0 Å². The smallest absolute Gasteiger partial charge is 0.300 e. The fourth-order valence-corrected chi connectivity index (χ4v) is 4.09. The van der Waals surface area contributed by atoms with Gasteiger partial charge in [0.2, 0.25) is 5.65 Å². The van der Waals surface area contributed by atoms with Crippen LogP contribution in [0.4, 0.5) is 6.01 Å². The number of nitrogens with zero attached hydrogens (tertiary/aromatic N) is 7. The van der Waals surface area contributed by atoms with Crippen molar-refractivity contribution in [1.82, 2.24) is 29.6 Å². The van der Waals surface area contributed by atoms with Gasteiger partial charge in [-0.3, -0.25) is 4.79 Å². The van der Waals surface area contributed by atoms with Crippen LogP contribution in [0.2, 0.25) is 0 Å². The van der Waals surface area contributed by atoms with Crippen LogP contribution in [0.25, 0.3) is 16.9 Å². The molecule has 34 heavy (non-hydrogen) atoms. The lowest BCUT2D eigenvalue weighted by atomic mass is 9.96. The second-order valence-corrected chi connectivity index (χ2v) is 9.81. The maximum absolute atomic E-state index is 13.2.